The van der Waals surface area contributed by atoms with E-state index in [-0.39, 0.29) is 11.5 Å². The zero-order valence-corrected chi connectivity index (χ0v) is 11.1. The maximum Gasteiger partial charge on any atom is 0.252 e. The first-order valence-corrected chi connectivity index (χ1v) is 6.24. The van der Waals surface area contributed by atoms with Crippen molar-refractivity contribution in [1.82, 2.24) is 9.97 Å². The highest BCUT2D eigenvalue weighted by molar-refractivity contribution is 5.39. The average Bonchev–Trinajstić information content (AvgIpc) is 2.58. The zero-order chi connectivity index (χ0) is 12.6. The van der Waals surface area contributed by atoms with Gasteiger partial charge in [-0.3, -0.25) is 4.79 Å². The largest absolute Gasteiger partial charge is 0.356 e. The van der Waals surface area contributed by atoms with Crippen LogP contribution in [0, 0.1) is 5.41 Å². The molecule has 2 heterocycles. The molecule has 1 aliphatic rings. The number of hydrogen-bond acceptors (Lipinski definition) is 3. The Hall–Kier alpha value is -1.32. The second-order valence-corrected chi connectivity index (χ2v) is 5.98. The lowest BCUT2D eigenvalue weighted by Crippen LogP contribution is -2.26. The number of nitrogens with one attached hydrogen (secondary N) is 1. The Kier molecular flexibility index (Phi) is 2.98. The van der Waals surface area contributed by atoms with E-state index in [1.54, 1.807) is 6.07 Å². The summed E-state index contributed by atoms with van der Waals surface area (Å²) in [6.45, 7) is 10.5. The lowest BCUT2D eigenvalue weighted by Gasteiger charge is -2.21. The third-order valence-electron chi connectivity index (χ3n) is 3.29. The Balaban J connectivity index is 2.30. The zero-order valence-electron chi connectivity index (χ0n) is 11.1. The summed E-state index contributed by atoms with van der Waals surface area (Å²) in [5.41, 5.74) is 0.269. The van der Waals surface area contributed by atoms with Crippen molar-refractivity contribution in [3.63, 3.8) is 0 Å². The summed E-state index contributed by atoms with van der Waals surface area (Å²) in [4.78, 5) is 21.2. The number of aromatic nitrogens is 2. The number of H-pyrrole nitrogens is 1. The van der Waals surface area contributed by atoms with Crippen molar-refractivity contribution >= 4 is 5.82 Å². The van der Waals surface area contributed by atoms with Gasteiger partial charge in [0.1, 0.15) is 11.6 Å². The van der Waals surface area contributed by atoms with Gasteiger partial charge in [-0.2, -0.15) is 0 Å². The number of hydrogen-bond donors (Lipinski definition) is 1. The monoisotopic (exact) mass is 235 g/mol. The SMILES string of the molecule is CC(C)c1nc(N2CCC(C)(C)C2)cc(=O)[nH]1. The van der Waals surface area contributed by atoms with Crippen molar-refractivity contribution in [2.24, 2.45) is 5.41 Å². The van der Waals surface area contributed by atoms with Gasteiger partial charge in [0, 0.05) is 25.1 Å². The fourth-order valence-electron chi connectivity index (χ4n) is 2.21. The topological polar surface area (TPSA) is 49.0 Å². The van der Waals surface area contributed by atoms with Crippen LogP contribution in [0.1, 0.15) is 45.9 Å². The van der Waals surface area contributed by atoms with E-state index in [0.29, 0.717) is 5.41 Å². The summed E-state index contributed by atoms with van der Waals surface area (Å²) in [6.07, 6.45) is 1.15. The minimum Gasteiger partial charge on any atom is -0.356 e. The van der Waals surface area contributed by atoms with Gasteiger partial charge in [-0.15, -0.1) is 0 Å². The predicted octanol–water partition coefficient (Wildman–Crippen LogP) is 2.13. The molecule has 0 amide bonds. The Bertz CT molecular complexity index is 462. The van der Waals surface area contributed by atoms with Gasteiger partial charge < -0.3 is 9.88 Å². The summed E-state index contributed by atoms with van der Waals surface area (Å²) < 4.78 is 0. The van der Waals surface area contributed by atoms with Crippen molar-refractivity contribution in [2.45, 2.75) is 40.0 Å². The molecule has 94 valence electrons. The molecule has 4 nitrogen and oxygen atoms in total. The maximum absolute atomic E-state index is 11.6. The molecule has 1 aromatic rings. The molecule has 1 saturated heterocycles. The van der Waals surface area contributed by atoms with Crippen LogP contribution in [0.25, 0.3) is 0 Å². The first kappa shape index (κ1) is 12.1. The normalized spacial score (nSPS) is 19.0. The van der Waals surface area contributed by atoms with E-state index in [1.165, 1.54) is 0 Å². The molecule has 1 N–H and O–H groups in total. The second kappa shape index (κ2) is 4.17. The highest BCUT2D eigenvalue weighted by atomic mass is 16.1. The predicted molar refractivity (Wildman–Crippen MR) is 69.6 cm³/mol. The molecule has 0 bridgehead atoms. The van der Waals surface area contributed by atoms with Gasteiger partial charge in [0.25, 0.3) is 5.56 Å². The molecule has 1 aliphatic heterocycles. The van der Waals surface area contributed by atoms with E-state index < -0.39 is 0 Å². The smallest absolute Gasteiger partial charge is 0.252 e. The molecule has 0 unspecified atom stereocenters. The van der Waals surface area contributed by atoms with Crippen molar-refractivity contribution in [3.05, 3.63) is 22.2 Å². The van der Waals surface area contributed by atoms with E-state index in [0.717, 1.165) is 31.2 Å². The average molecular weight is 235 g/mol. The van der Waals surface area contributed by atoms with Crippen LogP contribution in [0.3, 0.4) is 0 Å². The molecule has 0 aromatic carbocycles. The summed E-state index contributed by atoms with van der Waals surface area (Å²) >= 11 is 0. The number of aromatic amines is 1. The molecule has 17 heavy (non-hydrogen) atoms. The maximum atomic E-state index is 11.6. The first-order chi connectivity index (χ1) is 7.87. The summed E-state index contributed by atoms with van der Waals surface area (Å²) in [5.74, 6) is 1.85. The summed E-state index contributed by atoms with van der Waals surface area (Å²) in [5, 5.41) is 0. The number of anilines is 1. The van der Waals surface area contributed by atoms with Crippen LogP contribution in [0.15, 0.2) is 10.9 Å². The molecule has 0 spiro atoms. The van der Waals surface area contributed by atoms with Crippen LogP contribution in [-0.2, 0) is 0 Å². The first-order valence-electron chi connectivity index (χ1n) is 6.24. The van der Waals surface area contributed by atoms with E-state index in [4.69, 9.17) is 0 Å². The molecule has 1 fully saturated rings. The van der Waals surface area contributed by atoms with Gasteiger partial charge in [0.05, 0.1) is 0 Å². The van der Waals surface area contributed by atoms with Gasteiger partial charge in [0.2, 0.25) is 0 Å². The Morgan fingerprint density at radius 3 is 2.71 bits per heavy atom. The summed E-state index contributed by atoms with van der Waals surface area (Å²) in [7, 11) is 0. The van der Waals surface area contributed by atoms with Crippen LogP contribution in [0.4, 0.5) is 5.82 Å². The fourth-order valence-corrected chi connectivity index (χ4v) is 2.21. The van der Waals surface area contributed by atoms with Crippen LogP contribution >= 0.6 is 0 Å². The van der Waals surface area contributed by atoms with Gasteiger partial charge in [0.15, 0.2) is 0 Å². The van der Waals surface area contributed by atoms with E-state index in [9.17, 15) is 4.79 Å². The lowest BCUT2D eigenvalue weighted by molar-refractivity contribution is 0.418. The molecule has 0 radical (unpaired) electrons. The Morgan fingerprint density at radius 1 is 1.47 bits per heavy atom. The van der Waals surface area contributed by atoms with Crippen molar-refractivity contribution in [1.29, 1.82) is 0 Å². The summed E-state index contributed by atoms with van der Waals surface area (Å²) in [6, 6.07) is 1.60. The van der Waals surface area contributed by atoms with Crippen LogP contribution in [-0.4, -0.2) is 23.1 Å². The van der Waals surface area contributed by atoms with Crippen LogP contribution in [0.2, 0.25) is 0 Å². The van der Waals surface area contributed by atoms with Gasteiger partial charge >= 0.3 is 0 Å². The van der Waals surface area contributed by atoms with Gasteiger partial charge in [-0.1, -0.05) is 27.7 Å². The third-order valence-corrected chi connectivity index (χ3v) is 3.29. The highest BCUT2D eigenvalue weighted by Crippen LogP contribution is 2.31. The molecule has 0 aliphatic carbocycles. The van der Waals surface area contributed by atoms with Gasteiger partial charge in [-0.05, 0) is 11.8 Å². The van der Waals surface area contributed by atoms with Crippen LogP contribution < -0.4 is 10.5 Å². The minimum atomic E-state index is -0.0524. The lowest BCUT2D eigenvalue weighted by atomic mass is 9.93. The molecule has 0 saturated carbocycles. The third kappa shape index (κ3) is 2.68. The van der Waals surface area contributed by atoms with Crippen molar-refractivity contribution in [2.75, 3.05) is 18.0 Å². The Morgan fingerprint density at radius 2 is 2.18 bits per heavy atom. The Labute approximate surface area is 102 Å². The molecule has 2 rings (SSSR count). The van der Waals surface area contributed by atoms with E-state index in [2.05, 4.69) is 28.7 Å². The number of rotatable bonds is 2. The highest BCUT2D eigenvalue weighted by Gasteiger charge is 2.30. The van der Waals surface area contributed by atoms with Crippen molar-refractivity contribution in [3.8, 4) is 0 Å². The number of nitrogens with zero attached hydrogens (tertiary/aromatic N) is 2. The second-order valence-electron chi connectivity index (χ2n) is 5.98. The molecule has 4 heteroatoms. The van der Waals surface area contributed by atoms with E-state index >= 15 is 0 Å². The van der Waals surface area contributed by atoms with Crippen LogP contribution in [0.5, 0.6) is 0 Å². The fraction of sp³-hybridized carbons (Fsp3) is 0.692. The standard InChI is InChI=1S/C13H21N3O/c1-9(2)12-14-10(7-11(17)15-12)16-6-5-13(3,4)8-16/h7,9H,5-6,8H2,1-4H3,(H,14,15,17). The molecular formula is C13H21N3O. The quantitative estimate of drug-likeness (QED) is 0.854. The van der Waals surface area contributed by atoms with Crippen molar-refractivity contribution < 1.29 is 0 Å². The van der Waals surface area contributed by atoms with Gasteiger partial charge in [-0.25, -0.2) is 4.98 Å². The molecule has 0 atom stereocenters. The van der Waals surface area contributed by atoms with E-state index in [1.807, 2.05) is 13.8 Å². The molecule has 1 aromatic heterocycles. The molecular weight excluding hydrogens is 214 g/mol. The minimum absolute atomic E-state index is 0.0524.